The van der Waals surface area contributed by atoms with Gasteiger partial charge in [0.1, 0.15) is 0 Å². The minimum Gasteiger partial charge on any atom is -0.351 e. The van der Waals surface area contributed by atoms with E-state index in [1.165, 1.54) is 25.7 Å². The van der Waals surface area contributed by atoms with Crippen LogP contribution in [0.15, 0.2) is 0 Å². The van der Waals surface area contributed by atoms with Crippen LogP contribution < -0.4 is 5.32 Å². The lowest BCUT2D eigenvalue weighted by atomic mass is 10.00. The first-order valence-electron chi connectivity index (χ1n) is 6.19. The van der Waals surface area contributed by atoms with Crippen LogP contribution in [-0.4, -0.2) is 11.4 Å². The second-order valence-electron chi connectivity index (χ2n) is 5.49. The van der Waals surface area contributed by atoms with Crippen molar-refractivity contribution in [2.45, 2.75) is 72.3 Å². The van der Waals surface area contributed by atoms with E-state index in [1.54, 1.807) is 0 Å². The average molecular weight is 213 g/mol. The van der Waals surface area contributed by atoms with Gasteiger partial charge < -0.3 is 5.32 Å². The van der Waals surface area contributed by atoms with Gasteiger partial charge in [0.05, 0.1) is 0 Å². The fraction of sp³-hybridized carbons (Fsp3) is 0.923. The van der Waals surface area contributed by atoms with Crippen LogP contribution in [0.2, 0.25) is 0 Å². The van der Waals surface area contributed by atoms with Crippen molar-refractivity contribution < 1.29 is 4.79 Å². The minimum atomic E-state index is -0.102. The van der Waals surface area contributed by atoms with Gasteiger partial charge in [-0.25, -0.2) is 0 Å². The van der Waals surface area contributed by atoms with E-state index in [9.17, 15) is 4.79 Å². The first kappa shape index (κ1) is 14.5. The smallest absolute Gasteiger partial charge is 0.223 e. The third kappa shape index (κ3) is 8.46. The summed E-state index contributed by atoms with van der Waals surface area (Å²) in [6.45, 7) is 10.3. The lowest BCUT2D eigenvalue weighted by molar-refractivity contribution is -0.126. The molecule has 0 aliphatic heterocycles. The predicted octanol–water partition coefficient (Wildman–Crippen LogP) is 3.51. The molecule has 0 bridgehead atoms. The first-order valence-corrected chi connectivity index (χ1v) is 6.19. The van der Waals surface area contributed by atoms with Gasteiger partial charge in [0.15, 0.2) is 0 Å². The number of rotatable bonds is 6. The van der Waals surface area contributed by atoms with Crippen molar-refractivity contribution in [2.75, 3.05) is 0 Å². The minimum absolute atomic E-state index is 0.102. The Balaban J connectivity index is 3.70. The maximum atomic E-state index is 11.7. The van der Waals surface area contributed by atoms with Crippen molar-refractivity contribution in [2.24, 2.45) is 5.92 Å². The summed E-state index contributed by atoms with van der Waals surface area (Å²) in [5.41, 5.74) is -0.102. The highest BCUT2D eigenvalue weighted by Crippen LogP contribution is 2.12. The van der Waals surface area contributed by atoms with E-state index in [4.69, 9.17) is 0 Å². The van der Waals surface area contributed by atoms with Crippen LogP contribution in [0.1, 0.15) is 66.7 Å². The molecule has 0 saturated heterocycles. The van der Waals surface area contributed by atoms with Gasteiger partial charge in [-0.15, -0.1) is 0 Å². The Morgan fingerprint density at radius 1 is 1.20 bits per heavy atom. The van der Waals surface area contributed by atoms with Gasteiger partial charge >= 0.3 is 0 Å². The molecule has 0 saturated carbocycles. The molecule has 1 amide bonds. The molecule has 0 aromatic carbocycles. The molecule has 1 N–H and O–H groups in total. The molecule has 15 heavy (non-hydrogen) atoms. The summed E-state index contributed by atoms with van der Waals surface area (Å²) in [6, 6.07) is 0. The molecular formula is C13H27NO. The van der Waals surface area contributed by atoms with Gasteiger partial charge in [-0.1, -0.05) is 39.5 Å². The van der Waals surface area contributed by atoms with E-state index < -0.39 is 0 Å². The molecule has 0 aromatic heterocycles. The molecule has 0 radical (unpaired) electrons. The van der Waals surface area contributed by atoms with E-state index >= 15 is 0 Å². The van der Waals surface area contributed by atoms with Gasteiger partial charge in [-0.2, -0.15) is 0 Å². The van der Waals surface area contributed by atoms with Gasteiger partial charge in [0, 0.05) is 11.5 Å². The van der Waals surface area contributed by atoms with Crippen molar-refractivity contribution in [3.63, 3.8) is 0 Å². The molecule has 2 nitrogen and oxygen atoms in total. The summed E-state index contributed by atoms with van der Waals surface area (Å²) in [6.07, 6.45) is 5.98. The summed E-state index contributed by atoms with van der Waals surface area (Å²) in [5, 5.41) is 3.02. The van der Waals surface area contributed by atoms with Crippen molar-refractivity contribution in [3.8, 4) is 0 Å². The van der Waals surface area contributed by atoms with Crippen molar-refractivity contribution in [1.29, 1.82) is 0 Å². The lowest BCUT2D eigenvalue weighted by Crippen LogP contribution is -2.43. The van der Waals surface area contributed by atoms with Crippen LogP contribution in [0.4, 0.5) is 0 Å². The molecule has 0 aliphatic rings. The van der Waals surface area contributed by atoms with Gasteiger partial charge in [0.2, 0.25) is 5.91 Å². The molecule has 90 valence electrons. The highest BCUT2D eigenvalue weighted by Gasteiger charge is 2.18. The number of carbonyl (C=O) groups is 1. The second-order valence-corrected chi connectivity index (χ2v) is 5.49. The van der Waals surface area contributed by atoms with Crippen molar-refractivity contribution in [1.82, 2.24) is 5.32 Å². The molecule has 0 heterocycles. The van der Waals surface area contributed by atoms with E-state index in [0.29, 0.717) is 0 Å². The Morgan fingerprint density at radius 2 is 1.80 bits per heavy atom. The first-order chi connectivity index (χ1) is 6.87. The highest BCUT2D eigenvalue weighted by molar-refractivity contribution is 5.78. The van der Waals surface area contributed by atoms with Gasteiger partial charge in [-0.05, 0) is 27.2 Å². The Hall–Kier alpha value is -0.530. The van der Waals surface area contributed by atoms with E-state index in [2.05, 4.69) is 12.2 Å². The zero-order valence-corrected chi connectivity index (χ0v) is 11.0. The average Bonchev–Trinajstić information content (AvgIpc) is 2.09. The van der Waals surface area contributed by atoms with Gasteiger partial charge in [-0.3, -0.25) is 4.79 Å². The standard InChI is InChI=1S/C13H27NO/c1-6-7-8-9-10-11(2)12(15)14-13(3,4)5/h11H,6-10H2,1-5H3,(H,14,15). The zero-order valence-electron chi connectivity index (χ0n) is 11.0. The molecule has 1 atom stereocenters. The number of hydrogen-bond acceptors (Lipinski definition) is 1. The fourth-order valence-electron chi connectivity index (χ4n) is 1.50. The number of amides is 1. The van der Waals surface area contributed by atoms with Gasteiger partial charge in [0.25, 0.3) is 0 Å². The third-order valence-corrected chi connectivity index (χ3v) is 2.44. The SMILES string of the molecule is CCCCCCC(C)C(=O)NC(C)(C)C. The highest BCUT2D eigenvalue weighted by atomic mass is 16.2. The van der Waals surface area contributed by atoms with Crippen LogP contribution in [0, 0.1) is 5.92 Å². The van der Waals surface area contributed by atoms with Crippen molar-refractivity contribution in [3.05, 3.63) is 0 Å². The van der Waals surface area contributed by atoms with Crippen molar-refractivity contribution >= 4 is 5.91 Å². The molecule has 0 fully saturated rings. The Bertz CT molecular complexity index is 181. The number of unbranched alkanes of at least 4 members (excludes halogenated alkanes) is 3. The predicted molar refractivity (Wildman–Crippen MR) is 65.8 cm³/mol. The van der Waals surface area contributed by atoms with E-state index in [-0.39, 0.29) is 17.4 Å². The summed E-state index contributed by atoms with van der Waals surface area (Å²) in [4.78, 5) is 11.7. The monoisotopic (exact) mass is 213 g/mol. The Labute approximate surface area is 94.8 Å². The zero-order chi connectivity index (χ0) is 11.9. The summed E-state index contributed by atoms with van der Waals surface area (Å²) < 4.78 is 0. The number of nitrogens with one attached hydrogen (secondary N) is 1. The molecule has 2 heteroatoms. The van der Waals surface area contributed by atoms with E-state index in [1.807, 2.05) is 27.7 Å². The Kier molecular flexibility index (Phi) is 6.62. The fourth-order valence-corrected chi connectivity index (χ4v) is 1.50. The molecule has 0 rings (SSSR count). The lowest BCUT2D eigenvalue weighted by Gasteiger charge is -2.23. The molecule has 0 aliphatic carbocycles. The molecular weight excluding hydrogens is 186 g/mol. The normalized spacial score (nSPS) is 13.7. The van der Waals surface area contributed by atoms with Crippen LogP contribution in [0.5, 0.6) is 0 Å². The Morgan fingerprint density at radius 3 is 2.27 bits per heavy atom. The molecule has 0 spiro atoms. The maximum Gasteiger partial charge on any atom is 0.223 e. The van der Waals surface area contributed by atoms with Crippen LogP contribution in [0.3, 0.4) is 0 Å². The largest absolute Gasteiger partial charge is 0.351 e. The third-order valence-electron chi connectivity index (χ3n) is 2.44. The topological polar surface area (TPSA) is 29.1 Å². The molecule has 0 aromatic rings. The summed E-state index contributed by atoms with van der Waals surface area (Å²) in [5.74, 6) is 0.347. The van der Waals surface area contributed by atoms with E-state index in [0.717, 1.165) is 6.42 Å². The maximum absolute atomic E-state index is 11.7. The number of hydrogen-bond donors (Lipinski definition) is 1. The van der Waals surface area contributed by atoms with Crippen LogP contribution in [0.25, 0.3) is 0 Å². The second kappa shape index (κ2) is 6.86. The summed E-state index contributed by atoms with van der Waals surface area (Å²) >= 11 is 0. The van der Waals surface area contributed by atoms with Crippen LogP contribution >= 0.6 is 0 Å². The molecule has 1 unspecified atom stereocenters. The number of carbonyl (C=O) groups excluding carboxylic acids is 1. The van der Waals surface area contributed by atoms with Crippen LogP contribution in [-0.2, 0) is 4.79 Å². The summed E-state index contributed by atoms with van der Waals surface area (Å²) in [7, 11) is 0. The quantitative estimate of drug-likeness (QED) is 0.672.